The topological polar surface area (TPSA) is 64.6 Å². The van der Waals surface area contributed by atoms with Crippen molar-refractivity contribution in [3.63, 3.8) is 0 Å². The summed E-state index contributed by atoms with van der Waals surface area (Å²) in [5.74, 6) is -1.23. The number of carbonyl (C=O) groups is 2. The van der Waals surface area contributed by atoms with Crippen molar-refractivity contribution in [2.45, 2.75) is 32.8 Å². The summed E-state index contributed by atoms with van der Waals surface area (Å²) in [5.41, 5.74) is -0.574. The smallest absolute Gasteiger partial charge is 0.412 e. The molecule has 1 N–H and O–H groups in total. The van der Waals surface area contributed by atoms with Crippen molar-refractivity contribution in [2.75, 3.05) is 12.4 Å². The molecule has 0 aliphatic carbocycles. The van der Waals surface area contributed by atoms with Gasteiger partial charge in [0.15, 0.2) is 5.82 Å². The van der Waals surface area contributed by atoms with Gasteiger partial charge in [0.05, 0.1) is 19.2 Å². The lowest BCUT2D eigenvalue weighted by molar-refractivity contribution is -0.139. The second kappa shape index (κ2) is 6.36. The van der Waals surface area contributed by atoms with Crippen molar-refractivity contribution >= 4 is 17.7 Å². The zero-order valence-corrected chi connectivity index (χ0v) is 12.0. The number of nitrogens with one attached hydrogen (secondary N) is 1. The minimum absolute atomic E-state index is 0.0411. The average molecular weight is 283 g/mol. The van der Waals surface area contributed by atoms with Crippen LogP contribution in [-0.4, -0.2) is 24.8 Å². The number of hydrogen-bond donors (Lipinski definition) is 1. The molecule has 0 aliphatic heterocycles. The summed E-state index contributed by atoms with van der Waals surface area (Å²) in [6, 6.07) is 4.38. The summed E-state index contributed by atoms with van der Waals surface area (Å²) in [6.45, 7) is 5.11. The standard InChI is InChI=1S/C14H18FNO4/c1-14(2,3)20-13(18)16-10-7-5-6-9(12(10)15)8-11(17)19-4/h5-7H,8H2,1-4H3,(H,16,18). The van der Waals surface area contributed by atoms with E-state index in [1.807, 2.05) is 0 Å². The third-order valence-corrected chi connectivity index (χ3v) is 2.28. The molecule has 0 unspecified atom stereocenters. The number of carbonyl (C=O) groups excluding carboxylic acids is 2. The molecular formula is C14H18FNO4. The first-order chi connectivity index (χ1) is 9.23. The summed E-state index contributed by atoms with van der Waals surface area (Å²) in [4.78, 5) is 22.7. The van der Waals surface area contributed by atoms with E-state index in [-0.39, 0.29) is 17.7 Å². The minimum atomic E-state index is -0.758. The van der Waals surface area contributed by atoms with Gasteiger partial charge in [-0.2, -0.15) is 0 Å². The van der Waals surface area contributed by atoms with Crippen molar-refractivity contribution in [2.24, 2.45) is 0 Å². The third-order valence-electron chi connectivity index (χ3n) is 2.28. The fourth-order valence-corrected chi connectivity index (χ4v) is 1.45. The number of amides is 1. The van der Waals surface area contributed by atoms with E-state index in [0.717, 1.165) is 0 Å². The molecule has 110 valence electrons. The molecule has 0 fully saturated rings. The summed E-state index contributed by atoms with van der Waals surface area (Å²) in [7, 11) is 1.23. The molecule has 0 heterocycles. The van der Waals surface area contributed by atoms with E-state index in [2.05, 4.69) is 10.1 Å². The average Bonchev–Trinajstić information content (AvgIpc) is 2.31. The molecule has 0 saturated carbocycles. The quantitative estimate of drug-likeness (QED) is 0.866. The first-order valence-electron chi connectivity index (χ1n) is 6.07. The Labute approximate surface area is 117 Å². The van der Waals surface area contributed by atoms with Gasteiger partial charge in [-0.1, -0.05) is 12.1 Å². The Morgan fingerprint density at radius 2 is 1.95 bits per heavy atom. The maximum atomic E-state index is 14.1. The Balaban J connectivity index is 2.84. The molecule has 0 atom stereocenters. The summed E-state index contributed by atoms with van der Waals surface area (Å²) < 4.78 is 23.6. The van der Waals surface area contributed by atoms with Crippen molar-refractivity contribution < 1.29 is 23.5 Å². The van der Waals surface area contributed by atoms with Crippen LogP contribution in [0, 0.1) is 5.82 Å². The van der Waals surface area contributed by atoms with Crippen molar-refractivity contribution in [1.29, 1.82) is 0 Å². The molecule has 1 aromatic rings. The highest BCUT2D eigenvalue weighted by molar-refractivity contribution is 5.85. The monoisotopic (exact) mass is 283 g/mol. The fraction of sp³-hybridized carbons (Fsp3) is 0.429. The van der Waals surface area contributed by atoms with Crippen LogP contribution in [0.25, 0.3) is 0 Å². The number of anilines is 1. The highest BCUT2D eigenvalue weighted by atomic mass is 19.1. The molecule has 6 heteroatoms. The van der Waals surface area contributed by atoms with Gasteiger partial charge in [-0.15, -0.1) is 0 Å². The highest BCUT2D eigenvalue weighted by Gasteiger charge is 2.18. The van der Waals surface area contributed by atoms with Gasteiger partial charge in [-0.05, 0) is 26.8 Å². The zero-order chi connectivity index (χ0) is 15.3. The molecule has 0 aromatic heterocycles. The van der Waals surface area contributed by atoms with E-state index in [9.17, 15) is 14.0 Å². The number of esters is 1. The van der Waals surface area contributed by atoms with Gasteiger partial charge < -0.3 is 9.47 Å². The van der Waals surface area contributed by atoms with Gasteiger partial charge in [-0.3, -0.25) is 10.1 Å². The Morgan fingerprint density at radius 3 is 2.50 bits per heavy atom. The first kappa shape index (κ1) is 15.9. The lowest BCUT2D eigenvalue weighted by Gasteiger charge is -2.20. The SMILES string of the molecule is COC(=O)Cc1cccc(NC(=O)OC(C)(C)C)c1F. The van der Waals surface area contributed by atoms with Crippen LogP contribution in [0.3, 0.4) is 0 Å². The maximum absolute atomic E-state index is 14.1. The first-order valence-corrected chi connectivity index (χ1v) is 6.07. The third kappa shape index (κ3) is 4.87. The normalized spacial score (nSPS) is 10.8. The van der Waals surface area contributed by atoms with Crippen LogP contribution >= 0.6 is 0 Å². The van der Waals surface area contributed by atoms with Crippen LogP contribution in [-0.2, 0) is 20.7 Å². The second-order valence-corrected chi connectivity index (χ2v) is 5.16. The predicted octanol–water partition coefficient (Wildman–Crippen LogP) is 2.89. The lowest BCUT2D eigenvalue weighted by Crippen LogP contribution is -2.27. The molecular weight excluding hydrogens is 265 g/mol. The van der Waals surface area contributed by atoms with Gasteiger partial charge in [0, 0.05) is 5.56 Å². The second-order valence-electron chi connectivity index (χ2n) is 5.16. The highest BCUT2D eigenvalue weighted by Crippen LogP contribution is 2.20. The van der Waals surface area contributed by atoms with Crippen molar-refractivity contribution in [3.05, 3.63) is 29.6 Å². The van der Waals surface area contributed by atoms with Gasteiger partial charge in [0.1, 0.15) is 5.60 Å². The van der Waals surface area contributed by atoms with Gasteiger partial charge in [0.2, 0.25) is 0 Å². The van der Waals surface area contributed by atoms with Crippen LogP contribution in [0.5, 0.6) is 0 Å². The molecule has 0 saturated heterocycles. The Kier molecular flexibility index (Phi) is 5.07. The van der Waals surface area contributed by atoms with Gasteiger partial charge in [0.25, 0.3) is 0 Å². The molecule has 0 spiro atoms. The molecule has 0 radical (unpaired) electrons. The molecule has 5 nitrogen and oxygen atoms in total. The number of hydrogen-bond acceptors (Lipinski definition) is 4. The molecule has 1 amide bonds. The summed E-state index contributed by atoms with van der Waals surface area (Å²) in [5, 5.41) is 2.31. The molecule has 1 aromatic carbocycles. The lowest BCUT2D eigenvalue weighted by atomic mass is 10.1. The summed E-state index contributed by atoms with van der Waals surface area (Å²) in [6.07, 6.45) is -0.960. The van der Waals surface area contributed by atoms with Crippen LogP contribution in [0.1, 0.15) is 26.3 Å². The van der Waals surface area contributed by atoms with E-state index in [1.165, 1.54) is 25.3 Å². The van der Waals surface area contributed by atoms with Crippen LogP contribution in [0.15, 0.2) is 18.2 Å². The number of rotatable bonds is 3. The molecule has 0 aliphatic rings. The van der Waals surface area contributed by atoms with E-state index in [1.54, 1.807) is 20.8 Å². The van der Waals surface area contributed by atoms with E-state index < -0.39 is 23.5 Å². The number of ether oxygens (including phenoxy) is 2. The Morgan fingerprint density at radius 1 is 1.30 bits per heavy atom. The summed E-state index contributed by atoms with van der Waals surface area (Å²) >= 11 is 0. The predicted molar refractivity (Wildman–Crippen MR) is 72.0 cm³/mol. The van der Waals surface area contributed by atoms with E-state index >= 15 is 0 Å². The van der Waals surface area contributed by atoms with Crippen LogP contribution in [0.2, 0.25) is 0 Å². The zero-order valence-electron chi connectivity index (χ0n) is 12.0. The van der Waals surface area contributed by atoms with Crippen molar-refractivity contribution in [3.8, 4) is 0 Å². The molecule has 0 bridgehead atoms. The Bertz CT molecular complexity index is 508. The molecule has 20 heavy (non-hydrogen) atoms. The number of benzene rings is 1. The van der Waals surface area contributed by atoms with Gasteiger partial charge in [-0.25, -0.2) is 9.18 Å². The number of methoxy groups -OCH3 is 1. The fourth-order valence-electron chi connectivity index (χ4n) is 1.45. The minimum Gasteiger partial charge on any atom is -0.469 e. The van der Waals surface area contributed by atoms with E-state index in [0.29, 0.717) is 0 Å². The van der Waals surface area contributed by atoms with Crippen molar-refractivity contribution in [1.82, 2.24) is 0 Å². The van der Waals surface area contributed by atoms with Crippen LogP contribution in [0.4, 0.5) is 14.9 Å². The van der Waals surface area contributed by atoms with Gasteiger partial charge >= 0.3 is 12.1 Å². The van der Waals surface area contributed by atoms with E-state index in [4.69, 9.17) is 4.74 Å². The Hall–Kier alpha value is -2.11. The maximum Gasteiger partial charge on any atom is 0.412 e. The van der Waals surface area contributed by atoms with Crippen LogP contribution < -0.4 is 5.32 Å². The largest absolute Gasteiger partial charge is 0.469 e. The molecule has 1 rings (SSSR count). The number of halogens is 1.